The number of anilines is 1. The maximum absolute atomic E-state index is 9.52. The molecule has 9 nitrogen and oxygen atoms in total. The molecule has 29 heavy (non-hydrogen) atoms. The molecule has 5 N–H and O–H groups in total. The number of nitrogens with two attached hydrogens (primary N) is 1. The fourth-order valence-corrected chi connectivity index (χ4v) is 3.12. The van der Waals surface area contributed by atoms with E-state index in [2.05, 4.69) is 15.2 Å². The average Bonchev–Trinajstić information content (AvgIpc) is 3.22. The topological polar surface area (TPSA) is 152 Å². The number of benzene rings is 2. The van der Waals surface area contributed by atoms with Crippen molar-refractivity contribution in [1.29, 1.82) is 0 Å². The van der Waals surface area contributed by atoms with Crippen molar-refractivity contribution in [3.05, 3.63) is 54.3 Å². The second kappa shape index (κ2) is 9.10. The number of rotatable bonds is 4. The van der Waals surface area contributed by atoms with E-state index < -0.39 is 7.12 Å². The summed E-state index contributed by atoms with van der Waals surface area (Å²) in [5, 5.41) is 35.4. The van der Waals surface area contributed by atoms with E-state index in [0.717, 1.165) is 10.9 Å². The lowest BCUT2D eigenvalue weighted by atomic mass is 9.79. The second-order valence-corrected chi connectivity index (χ2v) is 6.54. The number of hydrogen-bond donors (Lipinski definition) is 4. The fraction of sp³-hybridized carbons (Fsp3) is 0. The zero-order valence-corrected chi connectivity index (χ0v) is 15.7. The number of aromatic nitrogens is 3. The van der Waals surface area contributed by atoms with E-state index in [0.29, 0.717) is 33.0 Å². The number of fused-ring (bicyclic) bond motifs is 1. The van der Waals surface area contributed by atoms with Crippen LogP contribution >= 0.6 is 11.3 Å². The van der Waals surface area contributed by atoms with Gasteiger partial charge < -0.3 is 25.6 Å². The number of nitrogens with zero attached hydrogens (tertiary/aromatic N) is 3. The average molecular weight is 410 g/mol. The maximum Gasteiger partial charge on any atom is 0.488 e. The van der Waals surface area contributed by atoms with Crippen LogP contribution in [0.25, 0.3) is 22.0 Å². The van der Waals surface area contributed by atoms with Gasteiger partial charge in [-0.2, -0.15) is 10.2 Å². The van der Waals surface area contributed by atoms with Crippen LogP contribution in [0.1, 0.15) is 0 Å². The number of carboxylic acid groups (broad SMARTS) is 1. The molecule has 2 aromatic carbocycles. The lowest BCUT2D eigenvalue weighted by Crippen LogP contribution is -2.29. The Morgan fingerprint density at radius 2 is 1.93 bits per heavy atom. The van der Waals surface area contributed by atoms with Crippen molar-refractivity contribution in [2.75, 3.05) is 5.73 Å². The molecule has 2 aromatic heterocycles. The van der Waals surface area contributed by atoms with E-state index in [1.54, 1.807) is 29.9 Å². The lowest BCUT2D eigenvalue weighted by molar-refractivity contribution is -0.122. The van der Waals surface area contributed by atoms with Crippen molar-refractivity contribution in [3.8, 4) is 21.9 Å². The Bertz CT molecular complexity index is 1120. The van der Waals surface area contributed by atoms with Crippen LogP contribution < -0.4 is 15.9 Å². The molecular formula is C18H15BN4O5S. The predicted molar refractivity (Wildman–Crippen MR) is 110 cm³/mol. The first kappa shape index (κ1) is 20.2. The summed E-state index contributed by atoms with van der Waals surface area (Å²) >= 11 is 1.37. The van der Waals surface area contributed by atoms with Crippen LogP contribution in [-0.4, -0.2) is 43.9 Å². The Kier molecular flexibility index (Phi) is 6.34. The molecule has 0 spiro atoms. The molecule has 0 atom stereocenters. The molecule has 0 saturated heterocycles. The smallest absolute Gasteiger partial charge is 0.483 e. The van der Waals surface area contributed by atoms with Gasteiger partial charge in [0.25, 0.3) is 6.47 Å². The fourth-order valence-electron chi connectivity index (χ4n) is 2.63. The van der Waals surface area contributed by atoms with Crippen molar-refractivity contribution in [2.24, 2.45) is 0 Å². The van der Waals surface area contributed by atoms with Gasteiger partial charge in [-0.1, -0.05) is 29.5 Å². The van der Waals surface area contributed by atoms with Crippen molar-refractivity contribution >= 4 is 47.0 Å². The third-order valence-electron chi connectivity index (χ3n) is 3.90. The van der Waals surface area contributed by atoms with Crippen molar-refractivity contribution < 1.29 is 24.7 Å². The minimum Gasteiger partial charge on any atom is -0.483 e. The van der Waals surface area contributed by atoms with Gasteiger partial charge in [0.15, 0.2) is 0 Å². The highest BCUT2D eigenvalue weighted by Crippen LogP contribution is 2.35. The Hall–Kier alpha value is -3.54. The van der Waals surface area contributed by atoms with Gasteiger partial charge in [0, 0.05) is 10.9 Å². The summed E-state index contributed by atoms with van der Waals surface area (Å²) < 4.78 is 5.91. The zero-order chi connectivity index (χ0) is 20.8. The Labute approximate surface area is 169 Å². The van der Waals surface area contributed by atoms with E-state index >= 15 is 0 Å². The zero-order valence-electron chi connectivity index (χ0n) is 14.8. The third-order valence-corrected chi connectivity index (χ3v) is 4.55. The highest BCUT2D eigenvalue weighted by atomic mass is 32.1. The monoisotopic (exact) mass is 410 g/mol. The second-order valence-electron chi connectivity index (χ2n) is 5.69. The first-order valence-corrected chi connectivity index (χ1v) is 9.07. The van der Waals surface area contributed by atoms with Gasteiger partial charge in [-0.3, -0.25) is 4.79 Å². The van der Waals surface area contributed by atoms with Crippen LogP contribution in [0.5, 0.6) is 10.8 Å². The molecule has 0 fully saturated rings. The largest absolute Gasteiger partial charge is 0.488 e. The lowest BCUT2D eigenvalue weighted by Gasteiger charge is -2.13. The third kappa shape index (κ3) is 4.66. The van der Waals surface area contributed by atoms with Crippen LogP contribution in [0.2, 0.25) is 0 Å². The molecule has 0 radical (unpaired) electrons. The molecule has 4 aromatic rings. The van der Waals surface area contributed by atoms with Crippen LogP contribution in [0.15, 0.2) is 54.3 Å². The molecule has 146 valence electrons. The van der Waals surface area contributed by atoms with Gasteiger partial charge in [0.1, 0.15) is 5.75 Å². The van der Waals surface area contributed by atoms with Crippen LogP contribution in [0.3, 0.4) is 0 Å². The normalized spacial score (nSPS) is 10.1. The molecular weight excluding hydrogens is 395 g/mol. The van der Waals surface area contributed by atoms with E-state index in [-0.39, 0.29) is 6.47 Å². The van der Waals surface area contributed by atoms with Crippen molar-refractivity contribution in [1.82, 2.24) is 15.2 Å². The van der Waals surface area contributed by atoms with Gasteiger partial charge in [0.2, 0.25) is 5.06 Å². The molecule has 0 amide bonds. The van der Waals surface area contributed by atoms with Gasteiger partial charge in [0.05, 0.1) is 29.1 Å². The first-order valence-electron chi connectivity index (χ1n) is 8.19. The predicted octanol–water partition coefficient (Wildman–Crippen LogP) is 1.51. The van der Waals surface area contributed by atoms with Crippen LogP contribution in [0.4, 0.5) is 5.69 Å². The van der Waals surface area contributed by atoms with Crippen LogP contribution in [0, 0.1) is 0 Å². The number of thiazole rings is 1. The Morgan fingerprint density at radius 3 is 2.62 bits per heavy atom. The van der Waals surface area contributed by atoms with Gasteiger partial charge in [-0.05, 0) is 29.2 Å². The van der Waals surface area contributed by atoms with Gasteiger partial charge in [-0.15, -0.1) is 0 Å². The Morgan fingerprint density at radius 1 is 1.14 bits per heavy atom. The summed E-state index contributed by atoms with van der Waals surface area (Å²) in [6, 6.07) is 10.5. The number of carbonyl (C=O) groups is 1. The molecule has 0 unspecified atom stereocenters. The quantitative estimate of drug-likeness (QED) is 0.290. The molecule has 0 aliphatic carbocycles. The Balaban J connectivity index is 0.000000755. The summed E-state index contributed by atoms with van der Waals surface area (Å²) in [5.41, 5.74) is 10.6. The van der Waals surface area contributed by atoms with Crippen molar-refractivity contribution in [3.63, 3.8) is 0 Å². The molecule has 0 aliphatic rings. The molecule has 0 bridgehead atoms. The summed E-state index contributed by atoms with van der Waals surface area (Å²) in [6.45, 7) is -0.250. The van der Waals surface area contributed by atoms with E-state index in [1.807, 2.05) is 18.2 Å². The minimum atomic E-state index is -1.58. The van der Waals surface area contributed by atoms with Gasteiger partial charge in [-0.25, -0.2) is 4.98 Å². The maximum atomic E-state index is 9.52. The summed E-state index contributed by atoms with van der Waals surface area (Å²) in [6.07, 6.45) is 3.12. The molecule has 11 heteroatoms. The highest BCUT2D eigenvalue weighted by Gasteiger charge is 2.17. The summed E-state index contributed by atoms with van der Waals surface area (Å²) in [5.74, 6) is 0.565. The van der Waals surface area contributed by atoms with Crippen LogP contribution in [-0.2, 0) is 4.79 Å². The van der Waals surface area contributed by atoms with E-state index in [1.165, 1.54) is 17.5 Å². The molecule has 0 saturated carbocycles. The summed E-state index contributed by atoms with van der Waals surface area (Å²) in [4.78, 5) is 12.4. The SMILES string of the molecule is Nc1cnnc2cc(-c3cc(B(O)O)ccc3Oc3cncs3)ccc12.O=CO. The molecule has 4 rings (SSSR count). The number of nitrogen functional groups attached to an aromatic ring is 1. The summed E-state index contributed by atoms with van der Waals surface area (Å²) in [7, 11) is -1.58. The van der Waals surface area contributed by atoms with E-state index in [9.17, 15) is 10.0 Å². The van der Waals surface area contributed by atoms with Gasteiger partial charge >= 0.3 is 7.12 Å². The van der Waals surface area contributed by atoms with Crippen molar-refractivity contribution in [2.45, 2.75) is 0 Å². The number of hydrogen-bond acceptors (Lipinski definition) is 9. The first-order chi connectivity index (χ1) is 14.0. The van der Waals surface area contributed by atoms with E-state index in [4.69, 9.17) is 20.4 Å². The molecule has 2 heterocycles. The standard InChI is InChI=1S/C17H13BN4O3S.CH2O2/c19-14-7-21-22-15-5-10(1-3-12(14)15)13-6-11(18(23)24)2-4-16(13)25-17-8-20-9-26-17;2-1-3/h1-9,23-24H,(H2,19,22);1H,(H,2,3). The minimum absolute atomic E-state index is 0.250. The molecule has 0 aliphatic heterocycles. The highest BCUT2D eigenvalue weighted by molar-refractivity contribution is 7.11. The number of ether oxygens (including phenoxy) is 1.